The van der Waals surface area contributed by atoms with Crippen LogP contribution in [0.4, 0.5) is 10.8 Å². The molecular weight excluding hydrogens is 438 g/mol. The highest BCUT2D eigenvalue weighted by Gasteiger charge is 2.33. The predicted octanol–water partition coefficient (Wildman–Crippen LogP) is 4.57. The number of aromatic nitrogens is 1. The summed E-state index contributed by atoms with van der Waals surface area (Å²) in [6, 6.07) is 16.5. The fraction of sp³-hybridized carbons (Fsp3) is 0.0476. The van der Waals surface area contributed by atoms with E-state index in [2.05, 4.69) is 10.3 Å². The van der Waals surface area contributed by atoms with E-state index in [4.69, 9.17) is 17.0 Å². The molecule has 1 aromatic heterocycles. The first kappa shape index (κ1) is 20.3. The van der Waals surface area contributed by atoms with Crippen LogP contribution in [0.5, 0.6) is 5.75 Å². The number of benzene rings is 2. The molecule has 1 aliphatic heterocycles. The van der Waals surface area contributed by atoms with Crippen molar-refractivity contribution in [1.29, 1.82) is 0 Å². The lowest BCUT2D eigenvalue weighted by Crippen LogP contribution is -2.27. The fourth-order valence-corrected chi connectivity index (χ4v) is 4.51. The smallest absolute Gasteiger partial charge is 0.270 e. The molecule has 2 heterocycles. The number of para-hydroxylation sites is 1. The third-order valence-electron chi connectivity index (χ3n) is 4.03. The van der Waals surface area contributed by atoms with E-state index in [0.717, 1.165) is 11.3 Å². The van der Waals surface area contributed by atoms with Crippen LogP contribution in [0.15, 0.2) is 71.1 Å². The van der Waals surface area contributed by atoms with Crippen LogP contribution in [0.2, 0.25) is 0 Å². The van der Waals surface area contributed by atoms with Crippen molar-refractivity contribution in [2.24, 2.45) is 0 Å². The Bertz CT molecular complexity index is 1100. The Morgan fingerprint density at radius 3 is 2.63 bits per heavy atom. The van der Waals surface area contributed by atoms with Crippen molar-refractivity contribution < 1.29 is 14.3 Å². The summed E-state index contributed by atoms with van der Waals surface area (Å²) >= 11 is 7.99. The fourth-order valence-electron chi connectivity index (χ4n) is 2.67. The van der Waals surface area contributed by atoms with E-state index in [1.54, 1.807) is 29.8 Å². The Kier molecular flexibility index (Phi) is 6.22. The van der Waals surface area contributed by atoms with Crippen molar-refractivity contribution in [3.8, 4) is 5.75 Å². The van der Waals surface area contributed by atoms with Gasteiger partial charge in [-0.3, -0.25) is 19.8 Å². The largest absolute Gasteiger partial charge is 0.484 e. The minimum Gasteiger partial charge on any atom is -0.484 e. The Labute approximate surface area is 186 Å². The summed E-state index contributed by atoms with van der Waals surface area (Å²) in [6.07, 6.45) is 3.41. The van der Waals surface area contributed by atoms with Crippen LogP contribution < -0.4 is 15.0 Å². The van der Waals surface area contributed by atoms with Crippen LogP contribution >= 0.6 is 35.3 Å². The van der Waals surface area contributed by atoms with Gasteiger partial charge in [0.15, 0.2) is 16.1 Å². The number of carbonyl (C=O) groups is 2. The number of thioether (sulfide) groups is 1. The Balaban J connectivity index is 1.38. The number of amides is 2. The topological polar surface area (TPSA) is 71.5 Å². The van der Waals surface area contributed by atoms with Gasteiger partial charge in [0.1, 0.15) is 5.75 Å². The van der Waals surface area contributed by atoms with Gasteiger partial charge in [0.2, 0.25) is 0 Å². The summed E-state index contributed by atoms with van der Waals surface area (Å²) in [5.41, 5.74) is 1.59. The molecule has 3 aromatic rings. The van der Waals surface area contributed by atoms with Crippen LogP contribution in [0, 0.1) is 0 Å². The van der Waals surface area contributed by atoms with Crippen molar-refractivity contribution in [3.05, 3.63) is 76.6 Å². The lowest BCUT2D eigenvalue weighted by atomic mass is 10.2. The number of nitrogens with one attached hydrogen (secondary N) is 1. The van der Waals surface area contributed by atoms with Gasteiger partial charge in [-0.25, -0.2) is 4.98 Å². The molecule has 1 fully saturated rings. The minimum atomic E-state index is -0.279. The highest BCUT2D eigenvalue weighted by atomic mass is 32.2. The number of thiocarbonyl (C=S) groups is 1. The van der Waals surface area contributed by atoms with Crippen molar-refractivity contribution in [3.63, 3.8) is 0 Å². The molecule has 0 aliphatic carbocycles. The molecule has 0 unspecified atom stereocenters. The second-order valence-electron chi connectivity index (χ2n) is 6.10. The lowest BCUT2D eigenvalue weighted by Gasteiger charge is -2.13. The van der Waals surface area contributed by atoms with E-state index < -0.39 is 0 Å². The second kappa shape index (κ2) is 9.21. The van der Waals surface area contributed by atoms with Gasteiger partial charge in [-0.1, -0.05) is 54.3 Å². The van der Waals surface area contributed by atoms with Crippen molar-refractivity contribution in [2.75, 3.05) is 16.8 Å². The molecule has 2 amide bonds. The molecule has 1 aliphatic rings. The monoisotopic (exact) mass is 453 g/mol. The van der Waals surface area contributed by atoms with Gasteiger partial charge in [-0.15, -0.1) is 11.3 Å². The van der Waals surface area contributed by atoms with E-state index in [1.165, 1.54) is 28.0 Å². The Hall–Kier alpha value is -3.01. The lowest BCUT2D eigenvalue weighted by molar-refractivity contribution is -0.118. The molecule has 1 N–H and O–H groups in total. The summed E-state index contributed by atoms with van der Waals surface area (Å²) in [5, 5.41) is 4.97. The molecule has 0 bridgehead atoms. The van der Waals surface area contributed by atoms with Crippen molar-refractivity contribution >= 4 is 68.3 Å². The van der Waals surface area contributed by atoms with Gasteiger partial charge in [-0.2, -0.15) is 0 Å². The summed E-state index contributed by atoms with van der Waals surface area (Å²) in [7, 11) is 0. The molecule has 9 heteroatoms. The molecule has 4 rings (SSSR count). The van der Waals surface area contributed by atoms with Gasteiger partial charge in [-0.05, 0) is 35.9 Å². The zero-order valence-electron chi connectivity index (χ0n) is 15.5. The summed E-state index contributed by atoms with van der Waals surface area (Å²) in [5.74, 6) is 0.132. The van der Waals surface area contributed by atoms with E-state index in [0.29, 0.717) is 20.1 Å². The maximum absolute atomic E-state index is 12.8. The van der Waals surface area contributed by atoms with Gasteiger partial charge in [0, 0.05) is 11.6 Å². The van der Waals surface area contributed by atoms with E-state index in [1.807, 2.05) is 42.5 Å². The summed E-state index contributed by atoms with van der Waals surface area (Å²) < 4.78 is 6.00. The molecule has 30 heavy (non-hydrogen) atoms. The molecule has 0 spiro atoms. The first-order valence-corrected chi connectivity index (χ1v) is 11.0. The molecule has 1 saturated heterocycles. The Morgan fingerprint density at radius 2 is 1.93 bits per heavy atom. The molecule has 2 aromatic carbocycles. The number of hydrogen-bond acceptors (Lipinski definition) is 7. The number of thiazole rings is 1. The molecule has 6 nitrogen and oxygen atoms in total. The minimum absolute atomic E-state index is 0.116. The van der Waals surface area contributed by atoms with Crippen LogP contribution in [0.25, 0.3) is 6.08 Å². The summed E-state index contributed by atoms with van der Waals surface area (Å²) in [6.45, 7) is -0.116. The van der Waals surface area contributed by atoms with Gasteiger partial charge < -0.3 is 4.74 Å². The predicted molar refractivity (Wildman–Crippen MR) is 125 cm³/mol. The number of ether oxygens (including phenoxy) is 1. The van der Waals surface area contributed by atoms with Crippen LogP contribution in [-0.4, -0.2) is 27.7 Å². The first-order valence-electron chi connectivity index (χ1n) is 8.85. The van der Waals surface area contributed by atoms with Gasteiger partial charge in [0.25, 0.3) is 11.8 Å². The van der Waals surface area contributed by atoms with Gasteiger partial charge in [0.05, 0.1) is 10.6 Å². The Morgan fingerprint density at radius 1 is 1.17 bits per heavy atom. The van der Waals surface area contributed by atoms with Crippen LogP contribution in [0.1, 0.15) is 5.56 Å². The molecular formula is C21H15N3O3S3. The second-order valence-corrected chi connectivity index (χ2v) is 8.67. The van der Waals surface area contributed by atoms with Crippen LogP contribution in [-0.2, 0) is 9.59 Å². The maximum Gasteiger partial charge on any atom is 0.270 e. The quantitative estimate of drug-likeness (QED) is 0.436. The molecule has 0 saturated carbocycles. The maximum atomic E-state index is 12.8. The number of nitrogens with zero attached hydrogens (tertiary/aromatic N) is 2. The SMILES string of the molecule is O=C(COc1ccc(/C=C2\SC(=S)N(c3ccccc3)C2=O)cc1)Nc1nccs1. The van der Waals surface area contributed by atoms with E-state index in [9.17, 15) is 9.59 Å². The average molecular weight is 454 g/mol. The summed E-state index contributed by atoms with van der Waals surface area (Å²) in [4.78, 5) is 30.7. The normalized spacial score (nSPS) is 14.9. The average Bonchev–Trinajstić information content (AvgIpc) is 3.36. The van der Waals surface area contributed by atoms with Crippen LogP contribution in [0.3, 0.4) is 0 Å². The number of rotatable bonds is 6. The highest BCUT2D eigenvalue weighted by molar-refractivity contribution is 8.27. The van der Waals surface area contributed by atoms with Crippen molar-refractivity contribution in [1.82, 2.24) is 4.98 Å². The third-order valence-corrected chi connectivity index (χ3v) is 6.03. The zero-order valence-corrected chi connectivity index (χ0v) is 17.9. The standard InChI is InChI=1S/C21H15N3O3S3/c25-18(23-20-22-10-11-29-20)13-27-16-8-6-14(7-9-16)12-17-19(26)24(21(28)30-17)15-4-2-1-3-5-15/h1-12H,13H2,(H,22,23,25)/b17-12-. The number of anilines is 2. The van der Waals surface area contributed by atoms with E-state index in [-0.39, 0.29) is 18.4 Å². The molecule has 150 valence electrons. The third kappa shape index (κ3) is 4.76. The van der Waals surface area contributed by atoms with E-state index >= 15 is 0 Å². The van der Waals surface area contributed by atoms with Gasteiger partial charge >= 0.3 is 0 Å². The molecule has 0 atom stereocenters. The van der Waals surface area contributed by atoms with Crippen molar-refractivity contribution in [2.45, 2.75) is 0 Å². The molecule has 0 radical (unpaired) electrons. The zero-order chi connectivity index (χ0) is 20.9. The number of carbonyl (C=O) groups excluding carboxylic acids is 2. The number of hydrogen-bond donors (Lipinski definition) is 1. The first-order chi connectivity index (χ1) is 14.6. The highest BCUT2D eigenvalue weighted by Crippen LogP contribution is 2.36.